The molecule has 0 aliphatic rings. The number of aryl methyl sites for hydroxylation is 2. The molecule has 0 spiro atoms. The Morgan fingerprint density at radius 1 is 1.43 bits per heavy atom. The molecule has 0 saturated carbocycles. The second-order valence-corrected chi connectivity index (χ2v) is 7.58. The Morgan fingerprint density at radius 2 is 2.10 bits per heavy atom. The minimum atomic E-state index is -0.378. The lowest BCUT2D eigenvalue weighted by atomic mass is 10.1. The monoisotopic (exact) mass is 386 g/mol. The minimum absolute atomic E-state index is 0.0204. The molecule has 0 radical (unpaired) electrons. The maximum Gasteiger partial charge on any atom is 0.161 e. The maximum absolute atomic E-state index is 14.4. The van der Waals surface area contributed by atoms with Gasteiger partial charge in [-0.15, -0.1) is 11.3 Å². The predicted octanol–water partition coefficient (Wildman–Crippen LogP) is 5.07. The average Bonchev–Trinajstić information content (AvgIpc) is 2.74. The lowest BCUT2D eigenvalue weighted by molar-refractivity contribution is 0.620. The zero-order chi connectivity index (χ0) is 15.7. The van der Waals surface area contributed by atoms with Crippen molar-refractivity contribution in [1.29, 1.82) is 0 Å². The van der Waals surface area contributed by atoms with E-state index in [1.807, 2.05) is 6.92 Å². The van der Waals surface area contributed by atoms with Gasteiger partial charge in [0.15, 0.2) is 5.82 Å². The van der Waals surface area contributed by atoms with Crippen molar-refractivity contribution in [2.75, 3.05) is 5.32 Å². The van der Waals surface area contributed by atoms with E-state index in [1.54, 1.807) is 23.5 Å². The zero-order valence-electron chi connectivity index (χ0n) is 12.0. The van der Waals surface area contributed by atoms with Crippen LogP contribution in [0.2, 0.25) is 0 Å². The van der Waals surface area contributed by atoms with Gasteiger partial charge >= 0.3 is 0 Å². The van der Waals surface area contributed by atoms with Crippen molar-refractivity contribution in [1.82, 2.24) is 0 Å². The van der Waals surface area contributed by atoms with E-state index in [2.05, 4.69) is 41.2 Å². The fourth-order valence-electron chi connectivity index (χ4n) is 2.24. The summed E-state index contributed by atoms with van der Waals surface area (Å²) in [4.78, 5) is 2.66. The number of anilines is 1. The van der Waals surface area contributed by atoms with E-state index >= 15 is 0 Å². The van der Waals surface area contributed by atoms with Gasteiger partial charge in [-0.05, 0) is 60.5 Å². The van der Waals surface area contributed by atoms with Crippen LogP contribution in [0.15, 0.2) is 22.7 Å². The molecule has 0 aliphatic heterocycles. The molecule has 2 aromatic rings. The molecule has 1 aromatic heterocycles. The average molecular weight is 387 g/mol. The van der Waals surface area contributed by atoms with E-state index < -0.39 is 0 Å². The van der Waals surface area contributed by atoms with Gasteiger partial charge in [0.25, 0.3) is 0 Å². The van der Waals surface area contributed by atoms with Crippen molar-refractivity contribution < 1.29 is 4.39 Å². The number of halogens is 2. The first-order valence-electron chi connectivity index (χ1n) is 6.42. The molecular formula is C15H16BrFN2S2. The van der Waals surface area contributed by atoms with Crippen LogP contribution in [0.4, 0.5) is 10.1 Å². The van der Waals surface area contributed by atoms with Gasteiger partial charge in [-0.2, -0.15) is 0 Å². The number of hydrogen-bond donors (Lipinski definition) is 2. The van der Waals surface area contributed by atoms with Crippen LogP contribution >= 0.6 is 39.5 Å². The van der Waals surface area contributed by atoms with Gasteiger partial charge in [-0.25, -0.2) is 4.39 Å². The van der Waals surface area contributed by atoms with Crippen molar-refractivity contribution in [2.24, 2.45) is 5.73 Å². The van der Waals surface area contributed by atoms with E-state index in [4.69, 9.17) is 18.0 Å². The number of benzene rings is 1. The Bertz CT molecular complexity index is 697. The molecule has 0 aliphatic carbocycles. The zero-order valence-corrected chi connectivity index (χ0v) is 15.2. The Morgan fingerprint density at radius 3 is 2.62 bits per heavy atom. The molecule has 3 N–H and O–H groups in total. The SMILES string of the molecule is Cc1cc(C(C)Nc2ccc(C(N)=S)c(Br)c2F)c(C)s1. The van der Waals surface area contributed by atoms with Crippen molar-refractivity contribution >= 4 is 50.2 Å². The van der Waals surface area contributed by atoms with Gasteiger partial charge in [0.05, 0.1) is 10.2 Å². The molecule has 1 unspecified atom stereocenters. The third-order valence-corrected chi connectivity index (χ3v) is 5.24. The van der Waals surface area contributed by atoms with Crippen LogP contribution in [0.5, 0.6) is 0 Å². The highest BCUT2D eigenvalue weighted by atomic mass is 79.9. The molecule has 1 atom stereocenters. The third-order valence-electron chi connectivity index (χ3n) is 3.27. The fraction of sp³-hybridized carbons (Fsp3) is 0.267. The maximum atomic E-state index is 14.4. The summed E-state index contributed by atoms with van der Waals surface area (Å²) in [6.45, 7) is 6.17. The molecule has 0 saturated heterocycles. The van der Waals surface area contributed by atoms with Gasteiger partial charge in [0.2, 0.25) is 0 Å². The summed E-state index contributed by atoms with van der Waals surface area (Å²) in [5.74, 6) is -0.378. The minimum Gasteiger partial charge on any atom is -0.389 e. The fourth-order valence-corrected chi connectivity index (χ4v) is 4.13. The smallest absolute Gasteiger partial charge is 0.161 e. The van der Waals surface area contributed by atoms with Crippen LogP contribution < -0.4 is 11.1 Å². The number of thiophene rings is 1. The van der Waals surface area contributed by atoms with Crippen LogP contribution in [-0.2, 0) is 0 Å². The number of thiocarbonyl (C=S) groups is 1. The second-order valence-electron chi connectivity index (χ2n) is 4.89. The van der Waals surface area contributed by atoms with Crippen LogP contribution in [0.25, 0.3) is 0 Å². The molecule has 2 rings (SSSR count). The van der Waals surface area contributed by atoms with E-state index in [-0.39, 0.29) is 16.8 Å². The summed E-state index contributed by atoms with van der Waals surface area (Å²) in [5.41, 5.74) is 7.68. The summed E-state index contributed by atoms with van der Waals surface area (Å²) in [7, 11) is 0. The van der Waals surface area contributed by atoms with Crippen molar-refractivity contribution in [3.8, 4) is 0 Å². The van der Waals surface area contributed by atoms with Gasteiger partial charge in [-0.3, -0.25) is 0 Å². The van der Waals surface area contributed by atoms with Gasteiger partial charge in [0, 0.05) is 21.4 Å². The van der Waals surface area contributed by atoms with Crippen molar-refractivity contribution in [2.45, 2.75) is 26.8 Å². The lowest BCUT2D eigenvalue weighted by Gasteiger charge is -2.17. The summed E-state index contributed by atoms with van der Waals surface area (Å²) >= 11 is 9.86. The van der Waals surface area contributed by atoms with Gasteiger partial charge in [-0.1, -0.05) is 12.2 Å². The van der Waals surface area contributed by atoms with E-state index in [9.17, 15) is 4.39 Å². The van der Waals surface area contributed by atoms with Crippen LogP contribution in [-0.4, -0.2) is 4.99 Å². The molecule has 0 amide bonds. The molecular weight excluding hydrogens is 371 g/mol. The van der Waals surface area contributed by atoms with Crippen LogP contribution in [0.3, 0.4) is 0 Å². The number of hydrogen-bond acceptors (Lipinski definition) is 3. The normalized spacial score (nSPS) is 12.2. The first-order valence-corrected chi connectivity index (χ1v) is 8.44. The summed E-state index contributed by atoms with van der Waals surface area (Å²) < 4.78 is 14.7. The van der Waals surface area contributed by atoms with Crippen molar-refractivity contribution in [3.05, 3.63) is 49.4 Å². The summed E-state index contributed by atoms with van der Waals surface area (Å²) in [6.07, 6.45) is 0. The quantitative estimate of drug-likeness (QED) is 0.719. The largest absolute Gasteiger partial charge is 0.389 e. The highest BCUT2D eigenvalue weighted by Crippen LogP contribution is 2.32. The van der Waals surface area contributed by atoms with Gasteiger partial charge < -0.3 is 11.1 Å². The summed E-state index contributed by atoms with van der Waals surface area (Å²) in [5, 5.41) is 3.21. The van der Waals surface area contributed by atoms with E-state index in [1.165, 1.54) is 15.3 Å². The summed E-state index contributed by atoms with van der Waals surface area (Å²) in [6, 6.07) is 5.54. The molecule has 21 heavy (non-hydrogen) atoms. The standard InChI is InChI=1S/C15H16BrFN2S2/c1-7-6-11(9(3)21-7)8(2)19-12-5-4-10(15(18)20)13(16)14(12)17/h4-6,8,19H,1-3H3,(H2,18,20). The molecule has 0 bridgehead atoms. The third kappa shape index (κ3) is 3.44. The lowest BCUT2D eigenvalue weighted by Crippen LogP contribution is -2.13. The second kappa shape index (κ2) is 6.42. The molecule has 112 valence electrons. The number of nitrogens with one attached hydrogen (secondary N) is 1. The number of nitrogens with two attached hydrogens (primary N) is 1. The predicted molar refractivity (Wildman–Crippen MR) is 95.8 cm³/mol. The Balaban J connectivity index is 2.30. The number of rotatable bonds is 4. The highest BCUT2D eigenvalue weighted by molar-refractivity contribution is 9.10. The Kier molecular flexibility index (Phi) is 5.01. The first kappa shape index (κ1) is 16.4. The highest BCUT2D eigenvalue weighted by Gasteiger charge is 2.16. The van der Waals surface area contributed by atoms with Crippen LogP contribution in [0.1, 0.15) is 33.8 Å². The molecule has 2 nitrogen and oxygen atoms in total. The molecule has 6 heteroatoms. The first-order chi connectivity index (χ1) is 9.81. The Hall–Kier alpha value is -0.980. The van der Waals surface area contributed by atoms with Crippen LogP contribution in [0, 0.1) is 19.7 Å². The van der Waals surface area contributed by atoms with E-state index in [0.717, 1.165) is 0 Å². The van der Waals surface area contributed by atoms with Gasteiger partial charge in [0.1, 0.15) is 4.99 Å². The topological polar surface area (TPSA) is 38.0 Å². The van der Waals surface area contributed by atoms with Crippen molar-refractivity contribution in [3.63, 3.8) is 0 Å². The molecule has 1 heterocycles. The Labute approximate surface area is 141 Å². The van der Waals surface area contributed by atoms with E-state index in [0.29, 0.717) is 15.7 Å². The molecule has 0 fully saturated rings. The molecule has 1 aromatic carbocycles.